The number of benzene rings is 2. The summed E-state index contributed by atoms with van der Waals surface area (Å²) in [6, 6.07) is 13.4. The first-order valence-corrected chi connectivity index (χ1v) is 6.45. The zero-order valence-corrected chi connectivity index (χ0v) is 11.5. The minimum Gasteiger partial charge on any atom is -0.493 e. The van der Waals surface area contributed by atoms with Gasteiger partial charge < -0.3 is 20.3 Å². The summed E-state index contributed by atoms with van der Waals surface area (Å²) >= 11 is 0. The second-order valence-electron chi connectivity index (χ2n) is 4.45. The zero-order valence-electron chi connectivity index (χ0n) is 11.5. The summed E-state index contributed by atoms with van der Waals surface area (Å²) in [5.41, 5.74) is 8.52. The average Bonchev–Trinajstić information content (AvgIpc) is 2.53. The molecule has 4 nitrogen and oxygen atoms in total. The molecular weight excluding hydrogens is 254 g/mol. The summed E-state index contributed by atoms with van der Waals surface area (Å²) in [4.78, 5) is 0. The van der Waals surface area contributed by atoms with E-state index in [0.29, 0.717) is 24.7 Å². The van der Waals surface area contributed by atoms with Crippen LogP contribution in [0.4, 0.5) is 0 Å². The van der Waals surface area contributed by atoms with Gasteiger partial charge in [-0.15, -0.1) is 0 Å². The Bertz CT molecular complexity index is 552. The summed E-state index contributed by atoms with van der Waals surface area (Å²) < 4.78 is 11.0. The summed E-state index contributed by atoms with van der Waals surface area (Å²) in [7, 11) is 1.58. The minimum atomic E-state index is -0.0167. The van der Waals surface area contributed by atoms with E-state index in [1.54, 1.807) is 19.2 Å². The lowest BCUT2D eigenvalue weighted by molar-refractivity contribution is 0.274. The molecule has 2 rings (SSSR count). The molecule has 106 valence electrons. The molecule has 0 unspecified atom stereocenters. The van der Waals surface area contributed by atoms with Gasteiger partial charge >= 0.3 is 0 Å². The highest BCUT2D eigenvalue weighted by molar-refractivity contribution is 5.43. The Hall–Kier alpha value is -2.04. The highest BCUT2D eigenvalue weighted by Gasteiger charge is 2.06. The van der Waals surface area contributed by atoms with Crippen LogP contribution in [-0.4, -0.2) is 12.2 Å². The zero-order chi connectivity index (χ0) is 14.4. The average molecular weight is 273 g/mol. The molecule has 0 saturated heterocycles. The number of methoxy groups -OCH3 is 1. The van der Waals surface area contributed by atoms with Gasteiger partial charge in [-0.3, -0.25) is 0 Å². The molecule has 0 aliphatic rings. The van der Waals surface area contributed by atoms with Crippen LogP contribution in [0.3, 0.4) is 0 Å². The minimum absolute atomic E-state index is 0.0167. The molecule has 2 aromatic carbocycles. The standard InChI is InChI=1S/C16H19NO3/c1-19-16-8-14(10-18)6-7-15(16)20-11-13-4-2-12(9-17)3-5-13/h2-8,18H,9-11,17H2,1H3. The first kappa shape index (κ1) is 14.4. The topological polar surface area (TPSA) is 64.7 Å². The largest absolute Gasteiger partial charge is 0.493 e. The van der Waals surface area contributed by atoms with Gasteiger partial charge in [0.25, 0.3) is 0 Å². The van der Waals surface area contributed by atoms with E-state index in [0.717, 1.165) is 16.7 Å². The quantitative estimate of drug-likeness (QED) is 0.847. The lowest BCUT2D eigenvalue weighted by Crippen LogP contribution is -2.00. The van der Waals surface area contributed by atoms with E-state index in [1.807, 2.05) is 30.3 Å². The van der Waals surface area contributed by atoms with Crippen LogP contribution in [0.25, 0.3) is 0 Å². The predicted molar refractivity (Wildman–Crippen MR) is 77.6 cm³/mol. The van der Waals surface area contributed by atoms with Crippen LogP contribution in [0, 0.1) is 0 Å². The monoisotopic (exact) mass is 273 g/mol. The van der Waals surface area contributed by atoms with Crippen molar-refractivity contribution >= 4 is 0 Å². The third-order valence-corrected chi connectivity index (χ3v) is 3.06. The smallest absolute Gasteiger partial charge is 0.161 e. The molecule has 0 amide bonds. The van der Waals surface area contributed by atoms with Gasteiger partial charge in [-0.05, 0) is 28.8 Å². The molecule has 3 N–H and O–H groups in total. The summed E-state index contributed by atoms with van der Waals surface area (Å²) in [5.74, 6) is 1.28. The van der Waals surface area contributed by atoms with Crippen LogP contribution in [0.15, 0.2) is 42.5 Å². The Morgan fingerprint density at radius 1 is 0.950 bits per heavy atom. The number of hydrogen-bond acceptors (Lipinski definition) is 4. The van der Waals surface area contributed by atoms with Crippen LogP contribution in [0.5, 0.6) is 11.5 Å². The van der Waals surface area contributed by atoms with E-state index in [4.69, 9.17) is 20.3 Å². The van der Waals surface area contributed by atoms with E-state index in [9.17, 15) is 0 Å². The Morgan fingerprint density at radius 2 is 1.60 bits per heavy atom. The van der Waals surface area contributed by atoms with Crippen molar-refractivity contribution in [3.63, 3.8) is 0 Å². The molecular formula is C16H19NO3. The van der Waals surface area contributed by atoms with Gasteiger partial charge in [0.1, 0.15) is 6.61 Å². The van der Waals surface area contributed by atoms with Crippen molar-refractivity contribution in [2.45, 2.75) is 19.8 Å². The maximum absolute atomic E-state index is 9.10. The molecule has 0 radical (unpaired) electrons. The molecule has 0 spiro atoms. The maximum atomic E-state index is 9.10. The van der Waals surface area contributed by atoms with Gasteiger partial charge in [0.05, 0.1) is 13.7 Å². The van der Waals surface area contributed by atoms with Crippen molar-refractivity contribution in [2.75, 3.05) is 7.11 Å². The first-order chi connectivity index (χ1) is 9.76. The summed E-state index contributed by atoms with van der Waals surface area (Å²) in [5, 5.41) is 9.10. The van der Waals surface area contributed by atoms with E-state index >= 15 is 0 Å². The number of nitrogens with two attached hydrogens (primary N) is 1. The number of rotatable bonds is 6. The summed E-state index contributed by atoms with van der Waals surface area (Å²) in [6.45, 7) is 0.981. The number of hydrogen-bond donors (Lipinski definition) is 2. The van der Waals surface area contributed by atoms with E-state index in [1.165, 1.54) is 0 Å². The van der Waals surface area contributed by atoms with Crippen molar-refractivity contribution in [1.82, 2.24) is 0 Å². The third-order valence-electron chi connectivity index (χ3n) is 3.06. The van der Waals surface area contributed by atoms with Crippen molar-refractivity contribution in [3.05, 3.63) is 59.2 Å². The molecule has 20 heavy (non-hydrogen) atoms. The highest BCUT2D eigenvalue weighted by Crippen LogP contribution is 2.28. The van der Waals surface area contributed by atoms with Crippen LogP contribution < -0.4 is 15.2 Å². The second-order valence-corrected chi connectivity index (χ2v) is 4.45. The van der Waals surface area contributed by atoms with Crippen LogP contribution in [0.1, 0.15) is 16.7 Å². The van der Waals surface area contributed by atoms with Gasteiger partial charge in [-0.25, -0.2) is 0 Å². The molecule has 0 fully saturated rings. The molecule has 0 atom stereocenters. The Kier molecular flexibility index (Phi) is 4.98. The molecule has 4 heteroatoms. The van der Waals surface area contributed by atoms with E-state index in [-0.39, 0.29) is 6.61 Å². The fourth-order valence-corrected chi connectivity index (χ4v) is 1.86. The maximum Gasteiger partial charge on any atom is 0.161 e. The normalized spacial score (nSPS) is 10.3. The number of aliphatic hydroxyl groups is 1. The Labute approximate surface area is 118 Å². The van der Waals surface area contributed by atoms with Crippen molar-refractivity contribution in [1.29, 1.82) is 0 Å². The molecule has 0 heterocycles. The predicted octanol–water partition coefficient (Wildman–Crippen LogP) is 2.23. The molecule has 0 saturated carbocycles. The second kappa shape index (κ2) is 6.93. The van der Waals surface area contributed by atoms with Gasteiger partial charge in [0, 0.05) is 6.54 Å². The molecule has 0 bridgehead atoms. The van der Waals surface area contributed by atoms with Gasteiger partial charge in [-0.1, -0.05) is 30.3 Å². The Morgan fingerprint density at radius 3 is 2.20 bits per heavy atom. The van der Waals surface area contributed by atoms with Crippen LogP contribution >= 0.6 is 0 Å². The fraction of sp³-hybridized carbons (Fsp3) is 0.250. The Balaban J connectivity index is 2.05. The van der Waals surface area contributed by atoms with Crippen molar-refractivity contribution in [2.24, 2.45) is 5.73 Å². The fourth-order valence-electron chi connectivity index (χ4n) is 1.86. The number of ether oxygens (including phenoxy) is 2. The van der Waals surface area contributed by atoms with Crippen molar-refractivity contribution < 1.29 is 14.6 Å². The third kappa shape index (κ3) is 3.50. The molecule has 0 aromatic heterocycles. The van der Waals surface area contributed by atoms with Crippen molar-refractivity contribution in [3.8, 4) is 11.5 Å². The molecule has 2 aromatic rings. The lowest BCUT2D eigenvalue weighted by atomic mass is 10.1. The summed E-state index contributed by atoms with van der Waals surface area (Å²) in [6.07, 6.45) is 0. The van der Waals surface area contributed by atoms with Gasteiger partial charge in [0.15, 0.2) is 11.5 Å². The van der Waals surface area contributed by atoms with E-state index < -0.39 is 0 Å². The van der Waals surface area contributed by atoms with Gasteiger partial charge in [-0.2, -0.15) is 0 Å². The highest BCUT2D eigenvalue weighted by atomic mass is 16.5. The first-order valence-electron chi connectivity index (χ1n) is 6.45. The molecule has 0 aliphatic heterocycles. The van der Waals surface area contributed by atoms with E-state index in [2.05, 4.69) is 0 Å². The SMILES string of the molecule is COc1cc(CO)ccc1OCc1ccc(CN)cc1. The van der Waals surface area contributed by atoms with Gasteiger partial charge in [0.2, 0.25) is 0 Å². The lowest BCUT2D eigenvalue weighted by Gasteiger charge is -2.12. The molecule has 0 aliphatic carbocycles. The van der Waals surface area contributed by atoms with Crippen LogP contribution in [0.2, 0.25) is 0 Å². The van der Waals surface area contributed by atoms with Crippen LogP contribution in [-0.2, 0) is 19.8 Å². The number of aliphatic hydroxyl groups excluding tert-OH is 1.